The number of nitrogens with zero attached hydrogens (tertiary/aromatic N) is 1. The second kappa shape index (κ2) is 6.68. The van der Waals surface area contributed by atoms with Gasteiger partial charge in [-0.25, -0.2) is 0 Å². The number of nitrogens with one attached hydrogen (secondary N) is 1. The van der Waals surface area contributed by atoms with E-state index in [1.54, 1.807) is 11.8 Å². The van der Waals surface area contributed by atoms with E-state index in [1.165, 1.54) is 0 Å². The summed E-state index contributed by atoms with van der Waals surface area (Å²) in [6, 6.07) is 11.8. The van der Waals surface area contributed by atoms with Crippen LogP contribution in [0.3, 0.4) is 0 Å². The van der Waals surface area contributed by atoms with Crippen LogP contribution < -0.4 is 10.1 Å². The fourth-order valence-electron chi connectivity index (χ4n) is 1.69. The average molecular weight is 295 g/mol. The smallest absolute Gasteiger partial charge is 0.240 e. The molecular weight excluding hydrogens is 280 g/mol. The Bertz CT molecular complexity index is 549. The molecule has 0 saturated carbocycles. The molecule has 0 aliphatic heterocycles. The summed E-state index contributed by atoms with van der Waals surface area (Å²) in [4.78, 5) is 5.25. The molecule has 0 aliphatic rings. The van der Waals surface area contributed by atoms with Crippen LogP contribution >= 0.6 is 23.4 Å². The summed E-state index contributed by atoms with van der Waals surface area (Å²) in [5.41, 5.74) is 1.96. The molecule has 1 N–H and O–H groups in total. The quantitative estimate of drug-likeness (QED) is 0.665. The average Bonchev–Trinajstić information content (AvgIpc) is 2.45. The lowest BCUT2D eigenvalue weighted by atomic mass is 10.2. The number of hydrogen-bond acceptors (Lipinski definition) is 4. The Kier molecular flexibility index (Phi) is 4.93. The molecule has 5 heteroatoms. The molecule has 100 valence electrons. The summed E-state index contributed by atoms with van der Waals surface area (Å²) in [6.45, 7) is 0.469. The van der Waals surface area contributed by atoms with E-state index in [4.69, 9.17) is 16.3 Å². The third kappa shape index (κ3) is 3.55. The van der Waals surface area contributed by atoms with Gasteiger partial charge in [-0.05, 0) is 17.9 Å². The molecule has 19 heavy (non-hydrogen) atoms. The monoisotopic (exact) mass is 294 g/mol. The number of thioether (sulfide) groups is 1. The highest BCUT2D eigenvalue weighted by molar-refractivity contribution is 7.98. The van der Waals surface area contributed by atoms with E-state index in [0.29, 0.717) is 17.6 Å². The van der Waals surface area contributed by atoms with Gasteiger partial charge in [-0.2, -0.15) is 4.98 Å². The van der Waals surface area contributed by atoms with E-state index >= 15 is 0 Å². The molecule has 2 rings (SSSR count). The number of rotatable bonds is 5. The molecule has 2 aromatic rings. The van der Waals surface area contributed by atoms with Gasteiger partial charge < -0.3 is 10.1 Å². The van der Waals surface area contributed by atoms with Crippen LogP contribution in [0.4, 0.5) is 5.69 Å². The molecule has 0 radical (unpaired) electrons. The summed E-state index contributed by atoms with van der Waals surface area (Å²) in [6.07, 6.45) is 1.99. The highest BCUT2D eigenvalue weighted by Gasteiger charge is 2.12. The van der Waals surface area contributed by atoms with Gasteiger partial charge in [-0.1, -0.05) is 41.9 Å². The summed E-state index contributed by atoms with van der Waals surface area (Å²) in [5, 5.41) is 3.55. The van der Waals surface area contributed by atoms with Crippen molar-refractivity contribution in [1.29, 1.82) is 0 Å². The zero-order chi connectivity index (χ0) is 13.7. The Morgan fingerprint density at radius 1 is 1.32 bits per heavy atom. The van der Waals surface area contributed by atoms with Crippen LogP contribution in [-0.4, -0.2) is 18.3 Å². The molecule has 1 aromatic heterocycles. The molecule has 0 atom stereocenters. The Morgan fingerprint density at radius 2 is 2.05 bits per heavy atom. The van der Waals surface area contributed by atoms with Gasteiger partial charge in [0, 0.05) is 11.9 Å². The van der Waals surface area contributed by atoms with E-state index in [1.807, 2.05) is 49.7 Å². The standard InChI is InChI=1S/C14H15ClN2OS/c1-16-13-11(19-2)8-12(15)17-14(13)18-9-10-6-4-3-5-7-10/h3-8,16H,9H2,1-2H3. The van der Waals surface area contributed by atoms with Crippen molar-refractivity contribution in [3.63, 3.8) is 0 Å². The van der Waals surface area contributed by atoms with E-state index in [-0.39, 0.29) is 0 Å². The Labute approximate surface area is 122 Å². The first-order chi connectivity index (χ1) is 9.24. The van der Waals surface area contributed by atoms with Gasteiger partial charge in [0.1, 0.15) is 17.4 Å². The number of halogens is 1. The lowest BCUT2D eigenvalue weighted by Gasteiger charge is -2.13. The van der Waals surface area contributed by atoms with E-state index < -0.39 is 0 Å². The van der Waals surface area contributed by atoms with Gasteiger partial charge >= 0.3 is 0 Å². The van der Waals surface area contributed by atoms with Crippen LogP contribution in [0.25, 0.3) is 0 Å². The normalized spacial score (nSPS) is 10.3. The maximum absolute atomic E-state index is 6.01. The van der Waals surface area contributed by atoms with E-state index in [0.717, 1.165) is 16.1 Å². The van der Waals surface area contributed by atoms with Crippen molar-refractivity contribution in [2.75, 3.05) is 18.6 Å². The molecule has 3 nitrogen and oxygen atoms in total. The third-order valence-corrected chi connectivity index (χ3v) is 3.56. The number of benzene rings is 1. The summed E-state index contributed by atoms with van der Waals surface area (Å²) >= 11 is 7.61. The SMILES string of the molecule is CNc1c(SC)cc(Cl)nc1OCc1ccccc1. The fourth-order valence-corrected chi connectivity index (χ4v) is 2.57. The van der Waals surface area contributed by atoms with Crippen molar-refractivity contribution in [3.8, 4) is 5.88 Å². The summed E-state index contributed by atoms with van der Waals surface area (Å²) in [7, 11) is 1.85. The highest BCUT2D eigenvalue weighted by atomic mass is 35.5. The minimum absolute atomic E-state index is 0.436. The van der Waals surface area contributed by atoms with Crippen molar-refractivity contribution in [3.05, 3.63) is 47.1 Å². The number of ether oxygens (including phenoxy) is 1. The number of aromatic nitrogens is 1. The molecule has 0 aliphatic carbocycles. The third-order valence-electron chi connectivity index (χ3n) is 2.61. The molecule has 0 unspecified atom stereocenters. The maximum Gasteiger partial charge on any atom is 0.240 e. The van der Waals surface area contributed by atoms with Crippen LogP contribution in [0.15, 0.2) is 41.3 Å². The van der Waals surface area contributed by atoms with Gasteiger partial charge in [-0.3, -0.25) is 0 Å². The minimum atomic E-state index is 0.436. The molecule has 0 amide bonds. The fraction of sp³-hybridized carbons (Fsp3) is 0.214. The second-order valence-electron chi connectivity index (χ2n) is 3.85. The van der Waals surface area contributed by atoms with Gasteiger partial charge in [0.05, 0.1) is 0 Å². The highest BCUT2D eigenvalue weighted by Crippen LogP contribution is 2.35. The summed E-state index contributed by atoms with van der Waals surface area (Å²) in [5.74, 6) is 0.531. The van der Waals surface area contributed by atoms with Gasteiger partial charge in [0.25, 0.3) is 0 Å². The lowest BCUT2D eigenvalue weighted by molar-refractivity contribution is 0.295. The molecule has 0 fully saturated rings. The van der Waals surface area contributed by atoms with Crippen molar-refractivity contribution in [2.45, 2.75) is 11.5 Å². The largest absolute Gasteiger partial charge is 0.471 e. The van der Waals surface area contributed by atoms with Crippen molar-refractivity contribution in [2.24, 2.45) is 0 Å². The number of hydrogen-bond donors (Lipinski definition) is 1. The Hall–Kier alpha value is -1.39. The van der Waals surface area contributed by atoms with Crippen LogP contribution in [0, 0.1) is 0 Å². The zero-order valence-corrected chi connectivity index (χ0v) is 12.4. The topological polar surface area (TPSA) is 34.2 Å². The first kappa shape index (κ1) is 14.0. The second-order valence-corrected chi connectivity index (χ2v) is 5.09. The number of anilines is 1. The molecule has 1 aromatic carbocycles. The van der Waals surface area contributed by atoms with Gasteiger partial charge in [0.2, 0.25) is 5.88 Å². The predicted molar refractivity (Wildman–Crippen MR) is 81.3 cm³/mol. The van der Waals surface area contributed by atoms with Crippen molar-refractivity contribution < 1.29 is 4.74 Å². The first-order valence-electron chi connectivity index (χ1n) is 5.83. The Balaban J connectivity index is 2.22. The number of pyridine rings is 1. The Morgan fingerprint density at radius 3 is 2.68 bits per heavy atom. The van der Waals surface area contributed by atoms with E-state index in [9.17, 15) is 0 Å². The molecule has 0 spiro atoms. The minimum Gasteiger partial charge on any atom is -0.471 e. The van der Waals surface area contributed by atoms with Gasteiger partial charge in [-0.15, -0.1) is 11.8 Å². The van der Waals surface area contributed by atoms with Crippen LogP contribution in [-0.2, 0) is 6.61 Å². The molecule has 0 bridgehead atoms. The molecule has 0 saturated heterocycles. The zero-order valence-electron chi connectivity index (χ0n) is 10.8. The van der Waals surface area contributed by atoms with Crippen molar-refractivity contribution >= 4 is 29.1 Å². The first-order valence-corrected chi connectivity index (χ1v) is 7.44. The van der Waals surface area contributed by atoms with Gasteiger partial charge in [0.15, 0.2) is 0 Å². The van der Waals surface area contributed by atoms with Crippen LogP contribution in [0.2, 0.25) is 5.15 Å². The van der Waals surface area contributed by atoms with Crippen molar-refractivity contribution in [1.82, 2.24) is 4.98 Å². The molecule has 1 heterocycles. The predicted octanol–water partition coefficient (Wildman–Crippen LogP) is 4.08. The lowest BCUT2D eigenvalue weighted by Crippen LogP contribution is -2.02. The summed E-state index contributed by atoms with van der Waals surface area (Å²) < 4.78 is 5.77. The van der Waals surface area contributed by atoms with Crippen LogP contribution in [0.1, 0.15) is 5.56 Å². The van der Waals surface area contributed by atoms with Crippen LogP contribution in [0.5, 0.6) is 5.88 Å². The van der Waals surface area contributed by atoms with E-state index in [2.05, 4.69) is 10.3 Å². The maximum atomic E-state index is 6.01. The molecular formula is C14H15ClN2OS.